The third kappa shape index (κ3) is 10.5. The lowest BCUT2D eigenvalue weighted by Gasteiger charge is -2.31. The first-order chi connectivity index (χ1) is 18.4. The van der Waals surface area contributed by atoms with Crippen molar-refractivity contribution >= 4 is 35.6 Å². The third-order valence-corrected chi connectivity index (χ3v) is 7.73. The molecule has 0 aromatic heterocycles. The molecule has 0 aromatic rings. The van der Waals surface area contributed by atoms with Crippen LogP contribution in [0.5, 0.6) is 0 Å². The highest BCUT2D eigenvalue weighted by atomic mass is 16.4. The fourth-order valence-corrected chi connectivity index (χ4v) is 5.65. The van der Waals surface area contributed by atoms with Crippen molar-refractivity contribution in [1.82, 2.24) is 16.0 Å². The molecule has 2 aliphatic rings. The number of aliphatic carboxylic acids is 2. The zero-order chi connectivity index (χ0) is 29.1. The van der Waals surface area contributed by atoms with Crippen molar-refractivity contribution in [2.24, 2.45) is 29.4 Å². The van der Waals surface area contributed by atoms with Gasteiger partial charge in [0.1, 0.15) is 18.1 Å². The number of carboxylic acids is 2. The zero-order valence-corrected chi connectivity index (χ0v) is 22.9. The first-order valence-corrected chi connectivity index (χ1v) is 14.0. The highest BCUT2D eigenvalue weighted by molar-refractivity contribution is 5.96. The molecule has 0 unspecified atom stereocenters. The molecule has 0 radical (unpaired) electrons. The minimum Gasteiger partial charge on any atom is -0.481 e. The van der Waals surface area contributed by atoms with Gasteiger partial charge in [-0.25, -0.2) is 0 Å². The predicted octanol–water partition coefficient (Wildman–Crippen LogP) is 1.31. The van der Waals surface area contributed by atoms with Crippen LogP contribution in [0.25, 0.3) is 0 Å². The van der Waals surface area contributed by atoms with Gasteiger partial charge < -0.3 is 31.9 Å². The number of nitrogens with two attached hydrogens (primary N) is 1. The van der Waals surface area contributed by atoms with E-state index in [1.165, 1.54) is 0 Å². The first-order valence-electron chi connectivity index (χ1n) is 14.0. The quantitative estimate of drug-likeness (QED) is 0.185. The summed E-state index contributed by atoms with van der Waals surface area (Å²) in [6.45, 7) is 3.66. The van der Waals surface area contributed by atoms with Crippen LogP contribution in [0.1, 0.15) is 90.9 Å². The molecule has 39 heavy (non-hydrogen) atoms. The van der Waals surface area contributed by atoms with Gasteiger partial charge in [0.05, 0.1) is 18.3 Å². The number of hydrogen-bond donors (Lipinski definition) is 6. The monoisotopic (exact) mass is 552 g/mol. The van der Waals surface area contributed by atoms with Crippen LogP contribution in [0, 0.1) is 23.7 Å². The van der Waals surface area contributed by atoms with Crippen molar-refractivity contribution in [3.8, 4) is 0 Å². The molecule has 7 N–H and O–H groups in total. The van der Waals surface area contributed by atoms with Crippen LogP contribution in [-0.4, -0.2) is 63.9 Å². The minimum atomic E-state index is -1.50. The molecule has 0 aromatic carbocycles. The number of amides is 4. The van der Waals surface area contributed by atoms with Gasteiger partial charge in [-0.3, -0.25) is 28.8 Å². The van der Waals surface area contributed by atoms with E-state index < -0.39 is 71.9 Å². The van der Waals surface area contributed by atoms with Gasteiger partial charge in [0.2, 0.25) is 23.6 Å². The summed E-state index contributed by atoms with van der Waals surface area (Å²) < 4.78 is 0. The molecule has 12 nitrogen and oxygen atoms in total. The van der Waals surface area contributed by atoms with Crippen LogP contribution in [0.3, 0.4) is 0 Å². The third-order valence-electron chi connectivity index (χ3n) is 7.73. The molecule has 0 heterocycles. The molecule has 12 heteroatoms. The second-order valence-corrected chi connectivity index (χ2v) is 11.4. The lowest BCUT2D eigenvalue weighted by molar-refractivity contribution is -0.149. The molecule has 0 bridgehead atoms. The Bertz CT molecular complexity index is 902. The second-order valence-electron chi connectivity index (χ2n) is 11.4. The summed E-state index contributed by atoms with van der Waals surface area (Å²) >= 11 is 0. The Balaban J connectivity index is 2.21. The average Bonchev–Trinajstić information content (AvgIpc) is 2.87. The van der Waals surface area contributed by atoms with Crippen LogP contribution in [-0.2, 0) is 28.8 Å². The topological polar surface area (TPSA) is 205 Å². The predicted molar refractivity (Wildman–Crippen MR) is 141 cm³/mol. The number of hydrogen-bond acceptors (Lipinski definition) is 6. The number of carbonyl (C=O) groups excluding carboxylic acids is 4. The van der Waals surface area contributed by atoms with Crippen LogP contribution in [0.15, 0.2) is 0 Å². The van der Waals surface area contributed by atoms with E-state index in [0.29, 0.717) is 32.1 Å². The first kappa shape index (κ1) is 32.0. The normalized spacial score (nSPS) is 22.2. The van der Waals surface area contributed by atoms with Crippen LogP contribution < -0.4 is 21.7 Å². The van der Waals surface area contributed by atoms with Gasteiger partial charge in [-0.15, -0.1) is 0 Å². The average molecular weight is 553 g/mol. The fourth-order valence-electron chi connectivity index (χ4n) is 5.65. The summed E-state index contributed by atoms with van der Waals surface area (Å²) in [6, 6.07) is -3.61. The van der Waals surface area contributed by atoms with Gasteiger partial charge in [0.15, 0.2) is 0 Å². The molecule has 2 saturated carbocycles. The Hall–Kier alpha value is -3.18. The van der Waals surface area contributed by atoms with E-state index in [1.807, 2.05) is 13.8 Å². The molecule has 2 aliphatic carbocycles. The van der Waals surface area contributed by atoms with Crippen molar-refractivity contribution in [2.45, 2.75) is 109 Å². The number of primary amides is 1. The Kier molecular flexibility index (Phi) is 12.7. The van der Waals surface area contributed by atoms with Crippen molar-refractivity contribution in [2.75, 3.05) is 0 Å². The highest BCUT2D eigenvalue weighted by Crippen LogP contribution is 2.31. The fraction of sp³-hybridized carbons (Fsp3) is 0.778. The van der Waals surface area contributed by atoms with E-state index in [-0.39, 0.29) is 18.3 Å². The summed E-state index contributed by atoms with van der Waals surface area (Å²) in [4.78, 5) is 74.7. The van der Waals surface area contributed by atoms with Crippen molar-refractivity contribution in [1.29, 1.82) is 0 Å². The summed E-state index contributed by atoms with van der Waals surface area (Å²) in [5, 5.41) is 26.6. The summed E-state index contributed by atoms with van der Waals surface area (Å²) in [5.74, 6) is -6.73. The van der Waals surface area contributed by atoms with E-state index in [9.17, 15) is 39.0 Å². The van der Waals surface area contributed by atoms with E-state index in [4.69, 9.17) is 5.73 Å². The summed E-state index contributed by atoms with van der Waals surface area (Å²) in [6.07, 6.45) is 6.79. The van der Waals surface area contributed by atoms with E-state index in [0.717, 1.165) is 32.1 Å². The molecule has 0 aliphatic heterocycles. The zero-order valence-electron chi connectivity index (χ0n) is 22.9. The lowest BCUT2D eigenvalue weighted by Crippen LogP contribution is -2.58. The van der Waals surface area contributed by atoms with Crippen molar-refractivity contribution < 1.29 is 39.0 Å². The Morgan fingerprint density at radius 1 is 0.744 bits per heavy atom. The van der Waals surface area contributed by atoms with E-state index in [1.54, 1.807) is 0 Å². The van der Waals surface area contributed by atoms with Crippen molar-refractivity contribution in [3.05, 3.63) is 0 Å². The maximum atomic E-state index is 13.4. The Morgan fingerprint density at radius 2 is 1.28 bits per heavy atom. The molecule has 4 amide bonds. The van der Waals surface area contributed by atoms with Crippen LogP contribution in [0.4, 0.5) is 0 Å². The van der Waals surface area contributed by atoms with Gasteiger partial charge in [0.25, 0.3) is 0 Å². The molecule has 0 spiro atoms. The molecule has 2 fully saturated rings. The SMILES string of the molecule is CC(C)C[C@H](NC(=O)[C@H](CC(=O)O)NC(=O)[C@H](CC1CCCCC1)NC(=O)[C@@H]1CCCC[C@H]1C(=O)O)C(N)=O. The standard InChI is InChI=1S/C27H44N4O8/c1-15(2)12-19(23(28)34)29-26(37)21(14-22(32)33)31-25(36)20(13-16-8-4-3-5-9-16)30-24(35)17-10-6-7-11-18(17)27(38)39/h15-21H,3-14H2,1-2H3,(H2,28,34)(H,29,37)(H,30,35)(H,31,36)(H,32,33)(H,38,39)/t17-,18-,19+,20+,21+/m1/s1. The maximum absolute atomic E-state index is 13.4. The smallest absolute Gasteiger partial charge is 0.307 e. The molecular formula is C27H44N4O8. The number of carbonyl (C=O) groups is 6. The highest BCUT2D eigenvalue weighted by Gasteiger charge is 2.38. The molecular weight excluding hydrogens is 508 g/mol. The largest absolute Gasteiger partial charge is 0.481 e. The molecule has 0 saturated heterocycles. The summed E-state index contributed by atoms with van der Waals surface area (Å²) in [7, 11) is 0. The number of rotatable bonds is 14. The van der Waals surface area contributed by atoms with Gasteiger partial charge in [-0.1, -0.05) is 58.8 Å². The van der Waals surface area contributed by atoms with Gasteiger partial charge in [-0.2, -0.15) is 0 Å². The summed E-state index contributed by atoms with van der Waals surface area (Å²) in [5.41, 5.74) is 5.40. The number of nitrogens with one attached hydrogen (secondary N) is 3. The number of carboxylic acid groups (broad SMARTS) is 2. The van der Waals surface area contributed by atoms with Gasteiger partial charge >= 0.3 is 11.9 Å². The van der Waals surface area contributed by atoms with Crippen molar-refractivity contribution in [3.63, 3.8) is 0 Å². The van der Waals surface area contributed by atoms with Crippen LogP contribution >= 0.6 is 0 Å². The minimum absolute atomic E-state index is 0.0137. The second kappa shape index (κ2) is 15.4. The Morgan fingerprint density at radius 3 is 1.82 bits per heavy atom. The van der Waals surface area contributed by atoms with Gasteiger partial charge in [0, 0.05) is 0 Å². The molecule has 2 rings (SSSR count). The maximum Gasteiger partial charge on any atom is 0.307 e. The van der Waals surface area contributed by atoms with Gasteiger partial charge in [-0.05, 0) is 37.5 Å². The molecule has 5 atom stereocenters. The van der Waals surface area contributed by atoms with Crippen LogP contribution in [0.2, 0.25) is 0 Å². The Labute approximate surface area is 229 Å². The van der Waals surface area contributed by atoms with E-state index >= 15 is 0 Å². The lowest BCUT2D eigenvalue weighted by atomic mass is 9.78. The van der Waals surface area contributed by atoms with E-state index in [2.05, 4.69) is 16.0 Å². The molecule has 220 valence electrons.